The summed E-state index contributed by atoms with van der Waals surface area (Å²) < 4.78 is 23.7. The number of β-amino-alcohol motifs (C(OH)–C–C–N with tert-alkyl or cyclic N) is 1. The predicted molar refractivity (Wildman–Crippen MR) is 71.6 cm³/mol. The third kappa shape index (κ3) is 2.84. The summed E-state index contributed by atoms with van der Waals surface area (Å²) in [6, 6.07) is 6.96. The van der Waals surface area contributed by atoms with Crippen LogP contribution in [0.3, 0.4) is 0 Å². The molecule has 1 aromatic rings. The lowest BCUT2D eigenvalue weighted by molar-refractivity contribution is 0.198. The summed E-state index contributed by atoms with van der Waals surface area (Å²) in [5, 5.41) is 9.48. The zero-order chi connectivity index (χ0) is 13.2. The number of hydrogen-bond donors (Lipinski definition) is 1. The van der Waals surface area contributed by atoms with Gasteiger partial charge < -0.3 is 10.0 Å². The van der Waals surface area contributed by atoms with Crippen LogP contribution in [0.2, 0.25) is 0 Å². The van der Waals surface area contributed by atoms with E-state index in [1.807, 2.05) is 19.1 Å². The summed E-state index contributed by atoms with van der Waals surface area (Å²) in [5.41, 5.74) is 0.974. The van der Waals surface area contributed by atoms with Gasteiger partial charge in [0.25, 0.3) is 0 Å². The van der Waals surface area contributed by atoms with Crippen LogP contribution in [0.15, 0.2) is 29.2 Å². The van der Waals surface area contributed by atoms with Gasteiger partial charge in [-0.05, 0) is 37.1 Å². The second kappa shape index (κ2) is 5.28. The van der Waals surface area contributed by atoms with Gasteiger partial charge in [-0.1, -0.05) is 6.92 Å². The van der Waals surface area contributed by atoms with Crippen LogP contribution in [0.25, 0.3) is 0 Å². The zero-order valence-electron chi connectivity index (χ0n) is 10.5. The van der Waals surface area contributed by atoms with E-state index in [1.54, 1.807) is 12.1 Å². The van der Waals surface area contributed by atoms with Crippen molar-refractivity contribution in [1.29, 1.82) is 0 Å². The van der Waals surface area contributed by atoms with Crippen molar-refractivity contribution in [3.05, 3.63) is 24.3 Å². The molecule has 1 aliphatic rings. The van der Waals surface area contributed by atoms with Crippen molar-refractivity contribution in [3.63, 3.8) is 0 Å². The Morgan fingerprint density at radius 2 is 2.00 bits per heavy atom. The van der Waals surface area contributed by atoms with Gasteiger partial charge in [-0.15, -0.1) is 0 Å². The van der Waals surface area contributed by atoms with Crippen molar-refractivity contribution >= 4 is 15.5 Å². The lowest BCUT2D eigenvalue weighted by Crippen LogP contribution is -2.21. The maximum Gasteiger partial charge on any atom is 0.178 e. The van der Waals surface area contributed by atoms with Crippen LogP contribution in [0.5, 0.6) is 0 Å². The minimum absolute atomic E-state index is 0.189. The summed E-state index contributed by atoms with van der Waals surface area (Å²) in [7, 11) is -3.13. The zero-order valence-corrected chi connectivity index (χ0v) is 11.4. The van der Waals surface area contributed by atoms with Gasteiger partial charge in [0.05, 0.1) is 16.8 Å². The Hall–Kier alpha value is -1.07. The summed E-state index contributed by atoms with van der Waals surface area (Å²) >= 11 is 0. The molecule has 100 valence electrons. The van der Waals surface area contributed by atoms with Crippen LogP contribution in [0, 0.1) is 0 Å². The monoisotopic (exact) mass is 269 g/mol. The lowest BCUT2D eigenvalue weighted by Gasteiger charge is -2.18. The Balaban J connectivity index is 2.15. The van der Waals surface area contributed by atoms with Crippen molar-refractivity contribution in [1.82, 2.24) is 0 Å². The fourth-order valence-electron chi connectivity index (χ4n) is 2.23. The van der Waals surface area contributed by atoms with Crippen molar-refractivity contribution in [3.8, 4) is 0 Å². The first kappa shape index (κ1) is 13.4. The first-order valence-electron chi connectivity index (χ1n) is 6.29. The van der Waals surface area contributed by atoms with E-state index in [0.29, 0.717) is 17.9 Å². The molecule has 0 spiro atoms. The van der Waals surface area contributed by atoms with E-state index < -0.39 is 9.84 Å². The first-order chi connectivity index (χ1) is 8.53. The first-order valence-corrected chi connectivity index (χ1v) is 7.94. The standard InChI is InChI=1S/C13H19NO3S/c1-2-9-18(16,17)13-5-3-11(4-6-13)14-8-7-12(15)10-14/h3-6,12,15H,2,7-10H2,1H3/t12-/m0/s1. The lowest BCUT2D eigenvalue weighted by atomic mass is 10.3. The molecule has 1 heterocycles. The molecule has 4 nitrogen and oxygen atoms in total. The van der Waals surface area contributed by atoms with Gasteiger partial charge in [0, 0.05) is 18.8 Å². The third-order valence-electron chi connectivity index (χ3n) is 3.20. The number of aliphatic hydroxyl groups is 1. The Kier molecular flexibility index (Phi) is 3.92. The van der Waals surface area contributed by atoms with E-state index in [-0.39, 0.29) is 11.9 Å². The van der Waals surface area contributed by atoms with Gasteiger partial charge in [-0.25, -0.2) is 8.42 Å². The highest BCUT2D eigenvalue weighted by Gasteiger charge is 2.21. The molecule has 2 rings (SSSR count). The van der Waals surface area contributed by atoms with Crippen LogP contribution in [0.1, 0.15) is 19.8 Å². The molecule has 0 radical (unpaired) electrons. The Morgan fingerprint density at radius 3 is 2.50 bits per heavy atom. The molecule has 0 aliphatic carbocycles. The SMILES string of the molecule is CCCS(=O)(=O)c1ccc(N2CC[C@H](O)C2)cc1. The molecule has 18 heavy (non-hydrogen) atoms. The van der Waals surface area contributed by atoms with Crippen LogP contribution < -0.4 is 4.90 Å². The van der Waals surface area contributed by atoms with Crippen LogP contribution in [0.4, 0.5) is 5.69 Å². The number of rotatable bonds is 4. The normalized spacial score (nSPS) is 20.3. The second-order valence-electron chi connectivity index (χ2n) is 4.70. The van der Waals surface area contributed by atoms with Crippen molar-refractivity contribution < 1.29 is 13.5 Å². The molecule has 0 unspecified atom stereocenters. The van der Waals surface area contributed by atoms with Gasteiger partial charge in [0.15, 0.2) is 9.84 Å². The van der Waals surface area contributed by atoms with E-state index in [1.165, 1.54) is 0 Å². The summed E-state index contributed by atoms with van der Waals surface area (Å²) in [6.07, 6.45) is 1.13. The van der Waals surface area contributed by atoms with Gasteiger partial charge in [-0.2, -0.15) is 0 Å². The molecule has 0 saturated carbocycles. The van der Waals surface area contributed by atoms with Gasteiger partial charge >= 0.3 is 0 Å². The number of hydrogen-bond acceptors (Lipinski definition) is 4. The smallest absolute Gasteiger partial charge is 0.178 e. The van der Waals surface area contributed by atoms with E-state index in [0.717, 1.165) is 18.7 Å². The number of anilines is 1. The fraction of sp³-hybridized carbons (Fsp3) is 0.538. The van der Waals surface area contributed by atoms with Crippen molar-refractivity contribution in [2.45, 2.75) is 30.8 Å². The van der Waals surface area contributed by atoms with Crippen molar-refractivity contribution in [2.24, 2.45) is 0 Å². The molecule has 1 atom stereocenters. The van der Waals surface area contributed by atoms with Crippen LogP contribution in [-0.4, -0.2) is 38.5 Å². The van der Waals surface area contributed by atoms with Gasteiger partial charge in [-0.3, -0.25) is 0 Å². The number of sulfone groups is 1. The maximum absolute atomic E-state index is 11.9. The average Bonchev–Trinajstić information content (AvgIpc) is 2.76. The quantitative estimate of drug-likeness (QED) is 0.898. The highest BCUT2D eigenvalue weighted by Crippen LogP contribution is 2.22. The van der Waals surface area contributed by atoms with Crippen molar-refractivity contribution in [2.75, 3.05) is 23.7 Å². The number of aliphatic hydroxyl groups excluding tert-OH is 1. The minimum atomic E-state index is -3.13. The highest BCUT2D eigenvalue weighted by molar-refractivity contribution is 7.91. The van der Waals surface area contributed by atoms with E-state index >= 15 is 0 Å². The Labute approximate surface area is 108 Å². The van der Waals surface area contributed by atoms with E-state index in [4.69, 9.17) is 0 Å². The largest absolute Gasteiger partial charge is 0.391 e. The van der Waals surface area contributed by atoms with E-state index in [9.17, 15) is 13.5 Å². The molecule has 1 N–H and O–H groups in total. The molecule has 1 saturated heterocycles. The minimum Gasteiger partial charge on any atom is -0.391 e. The molecular weight excluding hydrogens is 250 g/mol. The number of nitrogens with zero attached hydrogens (tertiary/aromatic N) is 1. The molecule has 1 aliphatic heterocycles. The molecule has 5 heteroatoms. The molecule has 0 aromatic heterocycles. The van der Waals surface area contributed by atoms with Gasteiger partial charge in [0.2, 0.25) is 0 Å². The molecule has 0 amide bonds. The molecule has 1 aromatic carbocycles. The fourth-order valence-corrected chi connectivity index (χ4v) is 3.55. The number of benzene rings is 1. The van der Waals surface area contributed by atoms with Crippen LogP contribution in [-0.2, 0) is 9.84 Å². The van der Waals surface area contributed by atoms with Gasteiger partial charge in [0.1, 0.15) is 0 Å². The Bertz CT molecular complexity index is 495. The molecular formula is C13H19NO3S. The summed E-state index contributed by atoms with van der Waals surface area (Å²) in [4.78, 5) is 2.45. The third-order valence-corrected chi connectivity index (χ3v) is 5.13. The Morgan fingerprint density at radius 1 is 1.33 bits per heavy atom. The molecule has 1 fully saturated rings. The van der Waals surface area contributed by atoms with Crippen LogP contribution >= 0.6 is 0 Å². The highest BCUT2D eigenvalue weighted by atomic mass is 32.2. The van der Waals surface area contributed by atoms with E-state index in [2.05, 4.69) is 4.90 Å². The summed E-state index contributed by atoms with van der Waals surface area (Å²) in [6.45, 7) is 3.31. The second-order valence-corrected chi connectivity index (χ2v) is 6.81. The molecule has 0 bridgehead atoms. The maximum atomic E-state index is 11.9. The average molecular weight is 269 g/mol. The summed E-state index contributed by atoms with van der Waals surface area (Å²) in [5.74, 6) is 0.189. The predicted octanol–water partition coefficient (Wildman–Crippen LogP) is 1.44. The topological polar surface area (TPSA) is 57.6 Å².